The smallest absolute Gasteiger partial charge is 0.327 e. The number of likely N-dealkylation sites (N-methyl/N-ethyl adjacent to an activating group) is 1. The summed E-state index contributed by atoms with van der Waals surface area (Å²) in [5, 5.41) is 0. The molecule has 0 saturated heterocycles. The fourth-order valence-electron chi connectivity index (χ4n) is 0.755. The highest BCUT2D eigenvalue weighted by Crippen LogP contribution is 2.42. The Morgan fingerprint density at radius 2 is 1.87 bits per heavy atom. The number of quaternary nitrogens is 1. The summed E-state index contributed by atoms with van der Waals surface area (Å²) in [6.07, 6.45) is 0. The largest absolute Gasteiger partial charge is 0.472 e. The first-order valence-electron chi connectivity index (χ1n) is 4.88. The van der Waals surface area contributed by atoms with Crippen LogP contribution in [0.5, 0.6) is 0 Å². The van der Waals surface area contributed by atoms with Crippen molar-refractivity contribution in [3.63, 3.8) is 0 Å². The van der Waals surface area contributed by atoms with Crippen molar-refractivity contribution in [2.24, 2.45) is 0 Å². The monoisotopic (exact) mass is 258 g/mol. The van der Waals surface area contributed by atoms with Gasteiger partial charge in [-0.25, -0.2) is 4.57 Å². The quantitative estimate of drug-likeness (QED) is 0.389. The van der Waals surface area contributed by atoms with E-state index in [1.165, 1.54) is 0 Å². The second-order valence-electron chi connectivity index (χ2n) is 3.83. The van der Waals surface area contributed by atoms with Crippen LogP contribution in [0.3, 0.4) is 0 Å². The summed E-state index contributed by atoms with van der Waals surface area (Å²) < 4.78 is 21.4. The molecule has 0 rings (SSSR count). The average Bonchev–Trinajstić information content (AvgIpc) is 2.14. The van der Waals surface area contributed by atoms with Crippen molar-refractivity contribution in [3.8, 4) is 0 Å². The third kappa shape index (κ3) is 8.25. The normalized spacial score (nSPS) is 16.3. The predicted molar refractivity (Wildman–Crippen MR) is 63.1 cm³/mol. The Morgan fingerprint density at radius 1 is 1.33 bits per heavy atom. The van der Waals surface area contributed by atoms with Gasteiger partial charge in [0.15, 0.2) is 0 Å². The Kier molecular flexibility index (Phi) is 7.08. The second-order valence-corrected chi connectivity index (χ2v) is 5.73. The number of nitrogens with zero attached hydrogens (tertiary/aromatic N) is 1. The van der Waals surface area contributed by atoms with E-state index in [0.29, 0.717) is 12.3 Å². The van der Waals surface area contributed by atoms with E-state index >= 15 is 0 Å². The van der Waals surface area contributed by atoms with Crippen LogP contribution in [0.4, 0.5) is 0 Å². The Labute approximate surface area is 97.0 Å². The van der Waals surface area contributed by atoms with Crippen LogP contribution in [0.1, 0.15) is 6.92 Å². The maximum Gasteiger partial charge on any atom is 0.472 e. The van der Waals surface area contributed by atoms with Crippen molar-refractivity contribution >= 4 is 20.5 Å². The molecule has 0 saturated carbocycles. The van der Waals surface area contributed by atoms with Gasteiger partial charge in [-0.2, -0.15) is 12.6 Å². The molecular formula is C8H21NO4PS+. The summed E-state index contributed by atoms with van der Waals surface area (Å²) in [7, 11) is 0.192. The molecule has 1 unspecified atom stereocenters. The van der Waals surface area contributed by atoms with Gasteiger partial charge in [0, 0.05) is 5.75 Å². The minimum absolute atomic E-state index is 0.114. The fourth-order valence-corrected chi connectivity index (χ4v) is 1.70. The molecular weight excluding hydrogens is 237 g/mol. The van der Waals surface area contributed by atoms with Crippen molar-refractivity contribution in [3.05, 3.63) is 0 Å². The molecule has 0 radical (unpaired) electrons. The maximum atomic E-state index is 11.2. The lowest BCUT2D eigenvalue weighted by Gasteiger charge is -2.28. The molecule has 0 amide bonds. The topological polar surface area (TPSA) is 55.8 Å². The zero-order chi connectivity index (χ0) is 11.9. The van der Waals surface area contributed by atoms with Crippen LogP contribution in [-0.2, 0) is 13.6 Å². The van der Waals surface area contributed by atoms with Crippen molar-refractivity contribution in [1.82, 2.24) is 0 Å². The summed E-state index contributed by atoms with van der Waals surface area (Å²) in [5.74, 6) is 0.393. The van der Waals surface area contributed by atoms with Gasteiger partial charge in [0.1, 0.15) is 13.2 Å². The Hall–Kier alpha value is 0.420. The molecule has 0 aliphatic heterocycles. The minimum atomic E-state index is -3.86. The first-order chi connectivity index (χ1) is 6.83. The van der Waals surface area contributed by atoms with Gasteiger partial charge in [-0.15, -0.1) is 0 Å². The molecule has 0 aromatic heterocycles. The highest BCUT2D eigenvalue weighted by atomic mass is 32.1. The minimum Gasteiger partial charge on any atom is -0.327 e. The number of phosphoric ester groups is 1. The van der Waals surface area contributed by atoms with Gasteiger partial charge in [-0.1, -0.05) is 0 Å². The van der Waals surface area contributed by atoms with E-state index in [-0.39, 0.29) is 13.2 Å². The Morgan fingerprint density at radius 3 is 2.33 bits per heavy atom. The van der Waals surface area contributed by atoms with Crippen molar-refractivity contribution in [1.29, 1.82) is 0 Å². The highest BCUT2D eigenvalue weighted by Gasteiger charge is 2.22. The third-order valence-corrected chi connectivity index (χ3v) is 3.35. The van der Waals surface area contributed by atoms with E-state index in [0.717, 1.165) is 11.0 Å². The Balaban J connectivity index is 3.79. The maximum absolute atomic E-state index is 11.2. The van der Waals surface area contributed by atoms with Crippen LogP contribution in [0.25, 0.3) is 0 Å². The lowest BCUT2D eigenvalue weighted by atomic mass is 10.4. The molecule has 0 aliphatic rings. The number of thiol groups is 1. The summed E-state index contributed by atoms with van der Waals surface area (Å²) >= 11 is 3.87. The molecule has 92 valence electrons. The molecule has 1 atom stereocenters. The highest BCUT2D eigenvalue weighted by molar-refractivity contribution is 7.80. The molecule has 15 heavy (non-hydrogen) atoms. The standard InChI is InChI=1S/C8H20NO4PS/c1-4-9(2,3)5-6-12-14(10,11)13-7-8-15/h4-8H2,1-3H3,(H-,10,11,15)/p+1. The van der Waals surface area contributed by atoms with Crippen LogP contribution >= 0.6 is 20.5 Å². The predicted octanol–water partition coefficient (Wildman–Crippen LogP) is 1.15. The van der Waals surface area contributed by atoms with Gasteiger partial charge in [-0.3, -0.25) is 9.05 Å². The van der Waals surface area contributed by atoms with E-state index in [1.54, 1.807) is 0 Å². The van der Waals surface area contributed by atoms with Gasteiger partial charge < -0.3 is 9.38 Å². The zero-order valence-corrected chi connectivity index (χ0v) is 11.3. The average molecular weight is 258 g/mol. The zero-order valence-electron chi connectivity index (χ0n) is 9.55. The van der Waals surface area contributed by atoms with Crippen molar-refractivity contribution in [2.75, 3.05) is 46.2 Å². The summed E-state index contributed by atoms with van der Waals surface area (Å²) in [6, 6.07) is 0. The number of hydrogen-bond acceptors (Lipinski definition) is 4. The van der Waals surface area contributed by atoms with Crippen molar-refractivity contribution in [2.45, 2.75) is 6.92 Å². The van der Waals surface area contributed by atoms with E-state index in [4.69, 9.17) is 4.52 Å². The fraction of sp³-hybridized carbons (Fsp3) is 1.00. The van der Waals surface area contributed by atoms with E-state index < -0.39 is 7.82 Å². The molecule has 0 fully saturated rings. The van der Waals surface area contributed by atoms with E-state index in [9.17, 15) is 9.46 Å². The van der Waals surface area contributed by atoms with Crippen molar-refractivity contribution < 1.29 is 23.0 Å². The second kappa shape index (κ2) is 6.89. The SMILES string of the molecule is CC[N+](C)(C)CCOP(=O)(O)OCCS. The van der Waals surface area contributed by atoms with Crippen LogP contribution < -0.4 is 0 Å². The third-order valence-electron chi connectivity index (χ3n) is 2.15. The molecule has 7 heteroatoms. The van der Waals surface area contributed by atoms with Crippen LogP contribution in [0, 0.1) is 0 Å². The van der Waals surface area contributed by atoms with Gasteiger partial charge in [0.05, 0.1) is 27.2 Å². The molecule has 0 bridgehead atoms. The molecule has 1 N–H and O–H groups in total. The number of phosphoric acid groups is 1. The number of rotatable bonds is 8. The first kappa shape index (κ1) is 15.4. The van der Waals surface area contributed by atoms with E-state index in [1.807, 2.05) is 14.1 Å². The first-order valence-corrected chi connectivity index (χ1v) is 7.00. The molecule has 0 heterocycles. The molecule has 5 nitrogen and oxygen atoms in total. The van der Waals surface area contributed by atoms with Gasteiger partial charge in [0.2, 0.25) is 0 Å². The summed E-state index contributed by atoms with van der Waals surface area (Å²) in [6.45, 7) is 3.99. The van der Waals surface area contributed by atoms with E-state index in [2.05, 4.69) is 24.1 Å². The lowest BCUT2D eigenvalue weighted by Crippen LogP contribution is -2.41. The van der Waals surface area contributed by atoms with Gasteiger partial charge in [-0.05, 0) is 6.92 Å². The van der Waals surface area contributed by atoms with Crippen LogP contribution in [0.15, 0.2) is 0 Å². The molecule has 0 aromatic rings. The number of hydrogen-bond donors (Lipinski definition) is 2. The lowest BCUT2D eigenvalue weighted by molar-refractivity contribution is -0.888. The summed E-state index contributed by atoms with van der Waals surface area (Å²) in [4.78, 5) is 9.19. The van der Waals surface area contributed by atoms with Crippen LogP contribution in [0.2, 0.25) is 0 Å². The van der Waals surface area contributed by atoms with Gasteiger partial charge in [0.25, 0.3) is 0 Å². The molecule has 0 spiro atoms. The molecule has 0 aromatic carbocycles. The van der Waals surface area contributed by atoms with Crippen LogP contribution in [-0.4, -0.2) is 55.5 Å². The molecule has 0 aliphatic carbocycles. The van der Waals surface area contributed by atoms with Gasteiger partial charge >= 0.3 is 7.82 Å². The Bertz CT molecular complexity index is 225. The summed E-state index contributed by atoms with van der Waals surface area (Å²) in [5.41, 5.74) is 0.